The number of nitrogens with zero attached hydrogens (tertiary/aromatic N) is 2. The molecule has 0 saturated carbocycles. The minimum atomic E-state index is -0.0872. The Morgan fingerprint density at radius 3 is 2.62 bits per heavy atom. The van der Waals surface area contributed by atoms with Gasteiger partial charge in [0.25, 0.3) is 5.91 Å². The molecule has 3 aromatic rings. The number of nitrogens with one attached hydrogen (secondary N) is 2. The van der Waals surface area contributed by atoms with Gasteiger partial charge in [-0.15, -0.1) is 0 Å². The van der Waals surface area contributed by atoms with E-state index in [9.17, 15) is 4.79 Å². The first-order valence-corrected chi connectivity index (χ1v) is 10.4. The summed E-state index contributed by atoms with van der Waals surface area (Å²) in [4.78, 5) is 23.1. The maximum absolute atomic E-state index is 12.9. The van der Waals surface area contributed by atoms with Gasteiger partial charge >= 0.3 is 0 Å². The van der Waals surface area contributed by atoms with Crippen LogP contribution in [0.5, 0.6) is 0 Å². The highest BCUT2D eigenvalue weighted by molar-refractivity contribution is 5.94. The van der Waals surface area contributed by atoms with Crippen molar-refractivity contribution in [2.75, 3.05) is 19.6 Å². The van der Waals surface area contributed by atoms with Gasteiger partial charge in [0.2, 0.25) is 0 Å². The summed E-state index contributed by atoms with van der Waals surface area (Å²) < 4.78 is 0. The molecule has 1 amide bonds. The second-order valence-electron chi connectivity index (χ2n) is 7.77. The molecule has 0 aliphatic carbocycles. The molecule has 1 unspecified atom stereocenters. The van der Waals surface area contributed by atoms with Crippen molar-refractivity contribution in [2.45, 2.75) is 32.2 Å². The molecule has 1 aliphatic heterocycles. The van der Waals surface area contributed by atoms with E-state index >= 15 is 0 Å². The Labute approximate surface area is 172 Å². The van der Waals surface area contributed by atoms with Crippen LogP contribution in [0.25, 0.3) is 11.4 Å². The maximum atomic E-state index is 12.9. The Morgan fingerprint density at radius 1 is 1.14 bits per heavy atom. The summed E-state index contributed by atoms with van der Waals surface area (Å²) in [7, 11) is 0. The average Bonchev–Trinajstić information content (AvgIpc) is 3.16. The van der Waals surface area contributed by atoms with Gasteiger partial charge in [-0.3, -0.25) is 4.79 Å². The van der Waals surface area contributed by atoms with Crippen LogP contribution in [-0.2, 0) is 6.42 Å². The fourth-order valence-corrected chi connectivity index (χ4v) is 3.98. The lowest BCUT2D eigenvalue weighted by Crippen LogP contribution is -2.48. The smallest absolute Gasteiger partial charge is 0.272 e. The number of benzene rings is 2. The number of piperidine rings is 1. The van der Waals surface area contributed by atoms with Crippen LogP contribution < -0.4 is 5.32 Å². The van der Waals surface area contributed by atoms with Crippen molar-refractivity contribution in [3.05, 3.63) is 77.6 Å². The lowest BCUT2D eigenvalue weighted by atomic mass is 10.0. The summed E-state index contributed by atoms with van der Waals surface area (Å²) in [5.41, 5.74) is 3.64. The second-order valence-corrected chi connectivity index (χ2v) is 7.77. The highest BCUT2D eigenvalue weighted by Crippen LogP contribution is 2.18. The summed E-state index contributed by atoms with van der Waals surface area (Å²) in [5, 5.41) is 3.21. The zero-order valence-corrected chi connectivity index (χ0v) is 16.9. The van der Waals surface area contributed by atoms with Gasteiger partial charge in [0.15, 0.2) is 0 Å². The summed E-state index contributed by atoms with van der Waals surface area (Å²) in [6.45, 7) is 4.92. The molecule has 29 heavy (non-hydrogen) atoms. The number of aryl methyl sites for hydroxylation is 1. The van der Waals surface area contributed by atoms with Gasteiger partial charge in [-0.25, -0.2) is 4.98 Å². The van der Waals surface area contributed by atoms with E-state index < -0.39 is 0 Å². The van der Waals surface area contributed by atoms with Crippen molar-refractivity contribution >= 4 is 5.91 Å². The van der Waals surface area contributed by atoms with Crippen molar-refractivity contribution in [3.63, 3.8) is 0 Å². The van der Waals surface area contributed by atoms with Crippen LogP contribution in [-0.4, -0.2) is 46.5 Å². The minimum Gasteiger partial charge on any atom is -0.347 e. The number of carbonyl (C=O) groups is 1. The first kappa shape index (κ1) is 19.4. The molecule has 4 rings (SSSR count). The van der Waals surface area contributed by atoms with Crippen LogP contribution in [0.1, 0.15) is 34.6 Å². The summed E-state index contributed by atoms with van der Waals surface area (Å²) in [6.07, 6.45) is 3.16. The van der Waals surface area contributed by atoms with Gasteiger partial charge in [-0.05, 0) is 38.3 Å². The average molecular weight is 389 g/mol. The van der Waals surface area contributed by atoms with Crippen LogP contribution in [0.2, 0.25) is 0 Å². The minimum absolute atomic E-state index is 0.0872. The van der Waals surface area contributed by atoms with Crippen molar-refractivity contribution < 1.29 is 4.79 Å². The number of amides is 1. The molecule has 150 valence electrons. The van der Waals surface area contributed by atoms with Crippen LogP contribution in [0.4, 0.5) is 0 Å². The summed E-state index contributed by atoms with van der Waals surface area (Å²) in [5.74, 6) is 0.650. The number of rotatable bonds is 6. The Bertz CT molecular complexity index is 936. The third kappa shape index (κ3) is 4.93. The van der Waals surface area contributed by atoms with E-state index in [1.54, 1.807) is 0 Å². The van der Waals surface area contributed by atoms with Crippen molar-refractivity contribution in [2.24, 2.45) is 0 Å². The number of likely N-dealkylation sites (tertiary alicyclic amines) is 1. The van der Waals surface area contributed by atoms with Gasteiger partial charge in [0.05, 0.1) is 0 Å². The highest BCUT2D eigenvalue weighted by Gasteiger charge is 2.24. The number of imidazole rings is 1. The SMILES string of the molecule is Cc1[nH]c(-c2ccccc2)nc1C(=O)NC1CCCN(CCc2ccccc2)C1. The molecule has 1 aliphatic rings. The molecule has 0 radical (unpaired) electrons. The monoisotopic (exact) mass is 388 g/mol. The van der Waals surface area contributed by atoms with E-state index in [-0.39, 0.29) is 11.9 Å². The van der Waals surface area contributed by atoms with E-state index in [0.29, 0.717) is 5.69 Å². The van der Waals surface area contributed by atoms with Crippen molar-refractivity contribution in [1.29, 1.82) is 0 Å². The number of carbonyl (C=O) groups excluding carboxylic acids is 1. The number of hydrogen-bond donors (Lipinski definition) is 2. The third-order valence-corrected chi connectivity index (χ3v) is 5.55. The Balaban J connectivity index is 1.35. The van der Waals surface area contributed by atoms with Crippen LogP contribution in [0.15, 0.2) is 60.7 Å². The molecule has 0 bridgehead atoms. The number of aromatic amines is 1. The normalized spacial score (nSPS) is 17.2. The van der Waals surface area contributed by atoms with Crippen molar-refractivity contribution in [1.82, 2.24) is 20.2 Å². The summed E-state index contributed by atoms with van der Waals surface area (Å²) >= 11 is 0. The van der Waals surface area contributed by atoms with Gasteiger partial charge in [0.1, 0.15) is 11.5 Å². The molecule has 1 fully saturated rings. The molecule has 0 spiro atoms. The zero-order valence-electron chi connectivity index (χ0n) is 16.9. The molecule has 2 heterocycles. The van der Waals surface area contributed by atoms with Gasteiger partial charge in [0, 0.05) is 30.4 Å². The topological polar surface area (TPSA) is 61.0 Å². The molecule has 1 aromatic heterocycles. The van der Waals surface area contributed by atoms with Crippen LogP contribution in [0.3, 0.4) is 0 Å². The van der Waals surface area contributed by atoms with E-state index in [4.69, 9.17) is 0 Å². The number of aromatic nitrogens is 2. The molecule has 5 nitrogen and oxygen atoms in total. The molecule has 2 aromatic carbocycles. The van der Waals surface area contributed by atoms with Crippen LogP contribution >= 0.6 is 0 Å². The second kappa shape index (κ2) is 9.05. The zero-order chi connectivity index (χ0) is 20.1. The van der Waals surface area contributed by atoms with E-state index in [2.05, 4.69) is 50.5 Å². The van der Waals surface area contributed by atoms with Gasteiger partial charge in [-0.2, -0.15) is 0 Å². The largest absolute Gasteiger partial charge is 0.347 e. The molecular weight excluding hydrogens is 360 g/mol. The van der Waals surface area contributed by atoms with E-state index in [1.165, 1.54) is 5.56 Å². The highest BCUT2D eigenvalue weighted by atomic mass is 16.2. The fourth-order valence-electron chi connectivity index (χ4n) is 3.98. The lowest BCUT2D eigenvalue weighted by molar-refractivity contribution is 0.0899. The molecule has 5 heteroatoms. The Kier molecular flexibility index (Phi) is 6.06. The Hall–Kier alpha value is -2.92. The fraction of sp³-hybridized carbons (Fsp3) is 0.333. The first-order valence-electron chi connectivity index (χ1n) is 10.4. The molecule has 1 saturated heterocycles. The first-order chi connectivity index (χ1) is 14.2. The van der Waals surface area contributed by atoms with Gasteiger partial charge in [-0.1, -0.05) is 60.7 Å². The predicted octanol–water partition coefficient (Wildman–Crippen LogP) is 3.82. The maximum Gasteiger partial charge on any atom is 0.272 e. The number of hydrogen-bond acceptors (Lipinski definition) is 3. The summed E-state index contributed by atoms with van der Waals surface area (Å²) in [6, 6.07) is 20.6. The molecule has 1 atom stereocenters. The predicted molar refractivity (Wildman–Crippen MR) is 116 cm³/mol. The quantitative estimate of drug-likeness (QED) is 0.675. The number of H-pyrrole nitrogens is 1. The molecular formula is C24H28N4O. The van der Waals surface area contributed by atoms with Crippen molar-refractivity contribution in [3.8, 4) is 11.4 Å². The Morgan fingerprint density at radius 2 is 1.86 bits per heavy atom. The standard InChI is InChI=1S/C24H28N4O/c1-18-22(27-23(25-18)20-11-6-3-7-12-20)24(29)26-21-13-8-15-28(17-21)16-14-19-9-4-2-5-10-19/h2-7,9-12,21H,8,13-17H2,1H3,(H,25,27)(H,26,29). The van der Waals surface area contributed by atoms with E-state index in [1.807, 2.05) is 37.3 Å². The van der Waals surface area contributed by atoms with E-state index in [0.717, 1.165) is 56.0 Å². The van der Waals surface area contributed by atoms with Gasteiger partial charge < -0.3 is 15.2 Å². The third-order valence-electron chi connectivity index (χ3n) is 5.55. The van der Waals surface area contributed by atoms with Crippen LogP contribution in [0, 0.1) is 6.92 Å². The molecule has 2 N–H and O–H groups in total. The lowest BCUT2D eigenvalue weighted by Gasteiger charge is -2.33.